The Labute approximate surface area is 114 Å². The zero-order chi connectivity index (χ0) is 13.7. The topological polar surface area (TPSA) is 38.5 Å². The molecule has 1 saturated heterocycles. The van der Waals surface area contributed by atoms with Crippen LogP contribution in [0.4, 0.5) is 10.1 Å². The van der Waals surface area contributed by atoms with Crippen molar-refractivity contribution in [2.24, 2.45) is 0 Å². The highest BCUT2D eigenvalue weighted by molar-refractivity contribution is 5.47. The molecule has 0 aliphatic carbocycles. The number of likely N-dealkylation sites (tertiary alicyclic amines) is 1. The Hall–Kier alpha value is -1.13. The van der Waals surface area contributed by atoms with Gasteiger partial charge in [0, 0.05) is 30.9 Å². The number of nitrogens with two attached hydrogens (primary N) is 1. The number of nitrogen functional groups attached to an aromatic ring is 1. The quantitative estimate of drug-likeness (QED) is 0.833. The van der Waals surface area contributed by atoms with Gasteiger partial charge < -0.3 is 10.5 Å². The maximum atomic E-state index is 13.8. The fourth-order valence-corrected chi connectivity index (χ4v) is 2.54. The summed E-state index contributed by atoms with van der Waals surface area (Å²) < 4.78 is 19.6. The van der Waals surface area contributed by atoms with Crippen molar-refractivity contribution < 1.29 is 9.13 Å². The molecule has 1 aromatic carbocycles. The molecular formula is C15H23FN2O. The van der Waals surface area contributed by atoms with Crippen LogP contribution in [-0.2, 0) is 11.3 Å². The van der Waals surface area contributed by atoms with Gasteiger partial charge in [-0.2, -0.15) is 0 Å². The van der Waals surface area contributed by atoms with Crippen LogP contribution in [-0.4, -0.2) is 30.7 Å². The number of anilines is 1. The predicted octanol–water partition coefficient (Wildman–Crippen LogP) is 2.80. The minimum absolute atomic E-state index is 0.211. The first kappa shape index (κ1) is 14.3. The van der Waals surface area contributed by atoms with Crippen LogP contribution in [0.25, 0.3) is 0 Å². The van der Waals surface area contributed by atoms with E-state index in [1.165, 1.54) is 6.07 Å². The fourth-order valence-electron chi connectivity index (χ4n) is 2.54. The molecule has 0 radical (unpaired) electrons. The normalized spacial score (nSPS) is 20.6. The maximum Gasteiger partial charge on any atom is 0.129 e. The summed E-state index contributed by atoms with van der Waals surface area (Å²) in [4.78, 5) is 2.23. The van der Waals surface area contributed by atoms with E-state index in [1.807, 2.05) is 0 Å². The third-order valence-corrected chi connectivity index (χ3v) is 3.56. The van der Waals surface area contributed by atoms with Gasteiger partial charge in [0.1, 0.15) is 5.82 Å². The van der Waals surface area contributed by atoms with Gasteiger partial charge in [-0.1, -0.05) is 13.0 Å². The molecule has 19 heavy (non-hydrogen) atoms. The summed E-state index contributed by atoms with van der Waals surface area (Å²) in [5, 5.41) is 0. The van der Waals surface area contributed by atoms with Crippen LogP contribution in [0.5, 0.6) is 0 Å². The number of hydrogen-bond donors (Lipinski definition) is 1. The minimum atomic E-state index is -0.211. The Morgan fingerprint density at radius 3 is 3.05 bits per heavy atom. The van der Waals surface area contributed by atoms with E-state index in [-0.39, 0.29) is 11.9 Å². The largest absolute Gasteiger partial charge is 0.398 e. The van der Waals surface area contributed by atoms with E-state index >= 15 is 0 Å². The zero-order valence-electron chi connectivity index (χ0n) is 11.6. The first-order chi connectivity index (χ1) is 9.20. The van der Waals surface area contributed by atoms with Crippen LogP contribution in [0.2, 0.25) is 0 Å². The second-order valence-corrected chi connectivity index (χ2v) is 5.18. The Kier molecular flexibility index (Phi) is 5.16. The van der Waals surface area contributed by atoms with Crippen molar-refractivity contribution in [1.29, 1.82) is 0 Å². The molecule has 1 aliphatic heterocycles. The molecule has 1 atom stereocenters. The SMILES string of the molecule is CCCOC1CCCN(Cc2c(N)cccc2F)C1. The molecule has 0 aromatic heterocycles. The van der Waals surface area contributed by atoms with Gasteiger partial charge in [0.05, 0.1) is 6.10 Å². The molecule has 1 unspecified atom stereocenters. The Morgan fingerprint density at radius 2 is 2.32 bits per heavy atom. The fraction of sp³-hybridized carbons (Fsp3) is 0.600. The van der Waals surface area contributed by atoms with Crippen LogP contribution in [0.1, 0.15) is 31.7 Å². The van der Waals surface area contributed by atoms with Gasteiger partial charge in [-0.15, -0.1) is 0 Å². The third-order valence-electron chi connectivity index (χ3n) is 3.56. The summed E-state index contributed by atoms with van der Waals surface area (Å²) in [7, 11) is 0. The van der Waals surface area contributed by atoms with Crippen molar-refractivity contribution in [3.63, 3.8) is 0 Å². The molecule has 3 nitrogen and oxygen atoms in total. The lowest BCUT2D eigenvalue weighted by Gasteiger charge is -2.32. The number of piperidine rings is 1. The van der Waals surface area contributed by atoms with Crippen molar-refractivity contribution in [2.75, 3.05) is 25.4 Å². The smallest absolute Gasteiger partial charge is 0.129 e. The summed E-state index contributed by atoms with van der Waals surface area (Å²) in [6.07, 6.45) is 3.52. The summed E-state index contributed by atoms with van der Waals surface area (Å²) in [6.45, 7) is 5.35. The van der Waals surface area contributed by atoms with Gasteiger partial charge >= 0.3 is 0 Å². The number of hydrogen-bond acceptors (Lipinski definition) is 3. The van der Waals surface area contributed by atoms with E-state index in [4.69, 9.17) is 10.5 Å². The van der Waals surface area contributed by atoms with E-state index in [0.29, 0.717) is 17.8 Å². The lowest BCUT2D eigenvalue weighted by atomic mass is 10.1. The molecule has 1 aromatic rings. The maximum absolute atomic E-state index is 13.8. The van der Waals surface area contributed by atoms with Gasteiger partial charge in [0.2, 0.25) is 0 Å². The minimum Gasteiger partial charge on any atom is -0.398 e. The average Bonchev–Trinajstić information content (AvgIpc) is 2.41. The first-order valence-electron chi connectivity index (χ1n) is 7.07. The summed E-state index contributed by atoms with van der Waals surface area (Å²) in [5.41, 5.74) is 7.00. The lowest BCUT2D eigenvalue weighted by Crippen LogP contribution is -2.39. The second-order valence-electron chi connectivity index (χ2n) is 5.18. The predicted molar refractivity (Wildman–Crippen MR) is 75.4 cm³/mol. The molecule has 4 heteroatoms. The highest BCUT2D eigenvalue weighted by Crippen LogP contribution is 2.21. The number of nitrogens with zero attached hydrogens (tertiary/aromatic N) is 1. The van der Waals surface area contributed by atoms with E-state index in [9.17, 15) is 4.39 Å². The standard InChI is InChI=1S/C15H23FN2O/c1-2-9-19-12-5-4-8-18(10-12)11-13-14(16)6-3-7-15(13)17/h3,6-7,12H,2,4-5,8-11,17H2,1H3. The van der Waals surface area contributed by atoms with Gasteiger partial charge in [-0.3, -0.25) is 4.90 Å². The van der Waals surface area contributed by atoms with Gasteiger partial charge in [-0.05, 0) is 37.9 Å². The highest BCUT2D eigenvalue weighted by Gasteiger charge is 2.21. The zero-order valence-corrected chi connectivity index (χ0v) is 11.6. The van der Waals surface area contributed by atoms with E-state index < -0.39 is 0 Å². The third kappa shape index (κ3) is 3.91. The van der Waals surface area contributed by atoms with Crippen LogP contribution in [0, 0.1) is 5.82 Å². The van der Waals surface area contributed by atoms with Crippen molar-refractivity contribution in [3.05, 3.63) is 29.6 Å². The van der Waals surface area contributed by atoms with Gasteiger partial charge in [0.15, 0.2) is 0 Å². The highest BCUT2D eigenvalue weighted by atomic mass is 19.1. The summed E-state index contributed by atoms with van der Waals surface area (Å²) in [6, 6.07) is 4.88. The molecule has 0 bridgehead atoms. The molecule has 1 aliphatic rings. The average molecular weight is 266 g/mol. The van der Waals surface area contributed by atoms with Crippen LogP contribution in [0.15, 0.2) is 18.2 Å². The molecule has 2 N–H and O–H groups in total. The van der Waals surface area contributed by atoms with Crippen molar-refractivity contribution in [1.82, 2.24) is 4.90 Å². The van der Waals surface area contributed by atoms with Crippen molar-refractivity contribution >= 4 is 5.69 Å². The molecule has 0 amide bonds. The van der Waals surface area contributed by atoms with Crippen LogP contribution in [0.3, 0.4) is 0 Å². The molecule has 2 rings (SSSR count). The Morgan fingerprint density at radius 1 is 1.47 bits per heavy atom. The number of rotatable bonds is 5. The van der Waals surface area contributed by atoms with Crippen LogP contribution >= 0.6 is 0 Å². The number of ether oxygens (including phenoxy) is 1. The lowest BCUT2D eigenvalue weighted by molar-refractivity contribution is -0.00242. The van der Waals surface area contributed by atoms with Crippen molar-refractivity contribution in [2.45, 2.75) is 38.8 Å². The van der Waals surface area contributed by atoms with Gasteiger partial charge in [-0.25, -0.2) is 4.39 Å². The number of halogens is 1. The molecule has 0 spiro atoms. The summed E-state index contributed by atoms with van der Waals surface area (Å²) in [5.74, 6) is -0.211. The Balaban J connectivity index is 1.95. The van der Waals surface area contributed by atoms with E-state index in [2.05, 4.69) is 11.8 Å². The second kappa shape index (κ2) is 6.87. The van der Waals surface area contributed by atoms with Crippen molar-refractivity contribution in [3.8, 4) is 0 Å². The molecule has 1 heterocycles. The molecular weight excluding hydrogens is 243 g/mol. The van der Waals surface area contributed by atoms with E-state index in [1.54, 1.807) is 12.1 Å². The van der Waals surface area contributed by atoms with Gasteiger partial charge in [0.25, 0.3) is 0 Å². The summed E-state index contributed by atoms with van der Waals surface area (Å²) >= 11 is 0. The number of benzene rings is 1. The molecule has 106 valence electrons. The monoisotopic (exact) mass is 266 g/mol. The Bertz CT molecular complexity index is 391. The van der Waals surface area contributed by atoms with Crippen LogP contribution < -0.4 is 5.73 Å². The molecule has 1 fully saturated rings. The first-order valence-corrected chi connectivity index (χ1v) is 7.07. The molecule has 0 saturated carbocycles. The van der Waals surface area contributed by atoms with E-state index in [0.717, 1.165) is 39.0 Å².